The number of aliphatic hydroxyl groups excluding tert-OH is 1. The highest BCUT2D eigenvalue weighted by molar-refractivity contribution is 6.12. The van der Waals surface area contributed by atoms with Gasteiger partial charge in [-0.1, -0.05) is 0 Å². The molecule has 2 heterocycles. The van der Waals surface area contributed by atoms with Crippen molar-refractivity contribution in [2.24, 2.45) is 0 Å². The lowest BCUT2D eigenvalue weighted by atomic mass is 10.1. The minimum Gasteiger partial charge on any atom is -0.497 e. The molecule has 0 aliphatic heterocycles. The summed E-state index contributed by atoms with van der Waals surface area (Å²) in [6.07, 6.45) is 3.04. The normalized spacial score (nSPS) is 13.3. The molecule has 3 N–H and O–H groups in total. The summed E-state index contributed by atoms with van der Waals surface area (Å²) < 4.78 is 11.4. The number of hydrogen-bond donors (Lipinski definition) is 3. The molecular weight excluding hydrogens is 330 g/mol. The Hall–Kier alpha value is -2.31. The number of fused-ring (bicyclic) bond motifs is 3. The van der Waals surface area contributed by atoms with Crippen LogP contribution in [0.5, 0.6) is 11.5 Å². The number of aryl methyl sites for hydroxylation is 1. The minimum atomic E-state index is -0.608. The van der Waals surface area contributed by atoms with Crippen LogP contribution in [0.15, 0.2) is 24.5 Å². The smallest absolute Gasteiger partial charge is 0.133 e. The summed E-state index contributed by atoms with van der Waals surface area (Å²) in [4.78, 5) is 7.62. The number of aliphatic hydroxyl groups is 1. The third-order valence-electron chi connectivity index (χ3n) is 4.27. The molecule has 1 atom stereocenters. The van der Waals surface area contributed by atoms with Crippen LogP contribution in [0.2, 0.25) is 0 Å². The van der Waals surface area contributed by atoms with Crippen molar-refractivity contribution in [1.82, 2.24) is 15.3 Å². The van der Waals surface area contributed by atoms with Gasteiger partial charge < -0.3 is 24.9 Å². The number of aromatic nitrogens is 2. The average molecular weight is 357 g/mol. The lowest BCUT2D eigenvalue weighted by molar-refractivity contribution is 0.101. The number of β-amino-alcohol motifs (C(OH)–C–C–N with tert-alkyl or cyclic N) is 1. The number of nitrogens with zero attached hydrogens (tertiary/aromatic N) is 1. The summed E-state index contributed by atoms with van der Waals surface area (Å²) in [7, 11) is 1.63. The lowest BCUT2D eigenvalue weighted by Crippen LogP contribution is -2.42. The van der Waals surface area contributed by atoms with Gasteiger partial charge in [0.05, 0.1) is 29.7 Å². The van der Waals surface area contributed by atoms with Crippen molar-refractivity contribution in [1.29, 1.82) is 0 Å². The van der Waals surface area contributed by atoms with Gasteiger partial charge in [-0.05, 0) is 33.3 Å². The van der Waals surface area contributed by atoms with E-state index in [0.717, 1.165) is 27.4 Å². The molecule has 140 valence electrons. The van der Waals surface area contributed by atoms with Crippen LogP contribution in [0.3, 0.4) is 0 Å². The lowest BCUT2D eigenvalue weighted by Gasteiger charge is -2.23. The third-order valence-corrected chi connectivity index (χ3v) is 4.27. The van der Waals surface area contributed by atoms with Crippen molar-refractivity contribution < 1.29 is 14.6 Å². The maximum absolute atomic E-state index is 10.3. The van der Waals surface area contributed by atoms with E-state index >= 15 is 0 Å². The molecule has 0 spiro atoms. The van der Waals surface area contributed by atoms with Crippen molar-refractivity contribution in [3.63, 3.8) is 0 Å². The van der Waals surface area contributed by atoms with Crippen LogP contribution >= 0.6 is 0 Å². The molecule has 0 aliphatic rings. The Morgan fingerprint density at radius 2 is 1.96 bits per heavy atom. The van der Waals surface area contributed by atoms with Crippen molar-refractivity contribution >= 4 is 21.8 Å². The summed E-state index contributed by atoms with van der Waals surface area (Å²) in [6, 6.07) is 3.80. The average Bonchev–Trinajstić information content (AvgIpc) is 2.96. The first kappa shape index (κ1) is 18.5. The molecule has 1 unspecified atom stereocenters. The maximum Gasteiger partial charge on any atom is 0.133 e. The van der Waals surface area contributed by atoms with E-state index in [1.54, 1.807) is 13.3 Å². The van der Waals surface area contributed by atoms with Gasteiger partial charge in [-0.2, -0.15) is 0 Å². The van der Waals surface area contributed by atoms with E-state index in [9.17, 15) is 5.11 Å². The van der Waals surface area contributed by atoms with Crippen LogP contribution in [0.25, 0.3) is 21.8 Å². The molecule has 6 nitrogen and oxygen atoms in total. The van der Waals surface area contributed by atoms with Crippen LogP contribution in [0, 0.1) is 6.92 Å². The topological polar surface area (TPSA) is 79.4 Å². The zero-order valence-electron chi connectivity index (χ0n) is 16.0. The van der Waals surface area contributed by atoms with Gasteiger partial charge in [0.15, 0.2) is 0 Å². The minimum absolute atomic E-state index is 0.0504. The van der Waals surface area contributed by atoms with E-state index in [1.165, 1.54) is 0 Å². The Kier molecular flexibility index (Phi) is 5.07. The molecule has 0 aliphatic carbocycles. The van der Waals surface area contributed by atoms with Crippen LogP contribution in [0.1, 0.15) is 26.3 Å². The van der Waals surface area contributed by atoms with E-state index in [1.807, 2.05) is 25.3 Å². The van der Waals surface area contributed by atoms with Crippen LogP contribution in [0.4, 0.5) is 0 Å². The molecule has 0 radical (unpaired) electrons. The highest BCUT2D eigenvalue weighted by Gasteiger charge is 2.17. The molecule has 26 heavy (non-hydrogen) atoms. The number of hydrogen-bond acceptors (Lipinski definition) is 5. The van der Waals surface area contributed by atoms with Gasteiger partial charge in [0.25, 0.3) is 0 Å². The van der Waals surface area contributed by atoms with E-state index in [-0.39, 0.29) is 12.1 Å². The fraction of sp³-hybridized carbons (Fsp3) is 0.450. The fourth-order valence-corrected chi connectivity index (χ4v) is 2.98. The number of nitrogens with one attached hydrogen (secondary N) is 2. The molecule has 0 saturated heterocycles. The Balaban J connectivity index is 1.92. The molecule has 6 heteroatoms. The van der Waals surface area contributed by atoms with Crippen molar-refractivity contribution in [2.45, 2.75) is 39.3 Å². The molecule has 2 aromatic heterocycles. The Bertz CT molecular complexity index is 912. The highest BCUT2D eigenvalue weighted by atomic mass is 16.5. The molecule has 3 rings (SSSR count). The summed E-state index contributed by atoms with van der Waals surface area (Å²) in [5, 5.41) is 15.6. The first-order chi connectivity index (χ1) is 12.3. The number of benzene rings is 1. The number of aromatic amines is 1. The molecule has 1 aromatic carbocycles. The maximum atomic E-state index is 10.3. The van der Waals surface area contributed by atoms with Gasteiger partial charge >= 0.3 is 0 Å². The van der Waals surface area contributed by atoms with Gasteiger partial charge in [-0.15, -0.1) is 0 Å². The second-order valence-electron chi connectivity index (χ2n) is 7.65. The zero-order valence-corrected chi connectivity index (χ0v) is 16.0. The monoisotopic (exact) mass is 357 g/mol. The SMILES string of the molecule is COc1cc(OCC(O)CNC(C)(C)C)c2c(c1)[nH]c1cncc(C)c12. The predicted molar refractivity (Wildman–Crippen MR) is 104 cm³/mol. The number of ether oxygens (including phenoxy) is 2. The number of pyridine rings is 1. The number of rotatable bonds is 6. The molecule has 0 fully saturated rings. The quantitative estimate of drug-likeness (QED) is 0.631. The number of methoxy groups -OCH3 is 1. The summed E-state index contributed by atoms with van der Waals surface area (Å²) in [6.45, 7) is 8.88. The van der Waals surface area contributed by atoms with E-state index in [0.29, 0.717) is 18.0 Å². The van der Waals surface area contributed by atoms with Crippen molar-refractivity contribution in [3.05, 3.63) is 30.1 Å². The Morgan fingerprint density at radius 1 is 1.19 bits per heavy atom. The van der Waals surface area contributed by atoms with Gasteiger partial charge in [0.1, 0.15) is 24.2 Å². The van der Waals surface area contributed by atoms with Crippen molar-refractivity contribution in [3.8, 4) is 11.5 Å². The van der Waals surface area contributed by atoms with Gasteiger partial charge in [0.2, 0.25) is 0 Å². The second-order valence-corrected chi connectivity index (χ2v) is 7.65. The highest BCUT2D eigenvalue weighted by Crippen LogP contribution is 2.37. The first-order valence-corrected chi connectivity index (χ1v) is 8.78. The predicted octanol–water partition coefficient (Wildman–Crippen LogP) is 3.16. The van der Waals surface area contributed by atoms with Crippen LogP contribution in [-0.4, -0.2) is 47.0 Å². The molecule has 0 bridgehead atoms. The molecule has 0 amide bonds. The van der Waals surface area contributed by atoms with Crippen LogP contribution < -0.4 is 14.8 Å². The fourth-order valence-electron chi connectivity index (χ4n) is 2.98. The van der Waals surface area contributed by atoms with Crippen LogP contribution in [-0.2, 0) is 0 Å². The second kappa shape index (κ2) is 7.13. The van der Waals surface area contributed by atoms with Gasteiger partial charge in [-0.3, -0.25) is 4.98 Å². The first-order valence-electron chi connectivity index (χ1n) is 8.78. The summed E-state index contributed by atoms with van der Waals surface area (Å²) in [5.74, 6) is 1.39. The molecule has 0 saturated carbocycles. The Morgan fingerprint density at radius 3 is 2.65 bits per heavy atom. The van der Waals surface area contributed by atoms with E-state index in [4.69, 9.17) is 9.47 Å². The molecular formula is C20H27N3O3. The largest absolute Gasteiger partial charge is 0.497 e. The zero-order chi connectivity index (χ0) is 18.9. The third kappa shape index (κ3) is 3.92. The number of H-pyrrole nitrogens is 1. The van der Waals surface area contributed by atoms with Gasteiger partial charge in [-0.25, -0.2) is 0 Å². The standard InChI is InChI=1S/C20H27N3O3/c1-12-8-21-10-16-18(12)19-15(23-16)6-14(25-5)7-17(19)26-11-13(24)9-22-20(2,3)4/h6-8,10,13,22-24H,9,11H2,1-5H3. The van der Waals surface area contributed by atoms with Crippen molar-refractivity contribution in [2.75, 3.05) is 20.3 Å². The molecule has 3 aromatic rings. The summed E-state index contributed by atoms with van der Waals surface area (Å²) >= 11 is 0. The van der Waals surface area contributed by atoms with Gasteiger partial charge in [0, 0.05) is 35.8 Å². The Labute approximate surface area is 153 Å². The van der Waals surface area contributed by atoms with E-state index in [2.05, 4.69) is 36.1 Å². The van der Waals surface area contributed by atoms with E-state index < -0.39 is 6.10 Å². The summed E-state index contributed by atoms with van der Waals surface area (Å²) in [5.41, 5.74) is 2.89.